The first-order valence-electron chi connectivity index (χ1n) is 9.62. The van der Waals surface area contributed by atoms with E-state index in [2.05, 4.69) is 0 Å². The van der Waals surface area contributed by atoms with Crippen LogP contribution in [0.15, 0.2) is 69.9 Å². The van der Waals surface area contributed by atoms with Crippen molar-refractivity contribution in [2.24, 2.45) is 0 Å². The Bertz CT molecular complexity index is 1290. The molecule has 0 atom stereocenters. The molecule has 0 radical (unpaired) electrons. The fourth-order valence-corrected chi connectivity index (χ4v) is 3.63. The van der Waals surface area contributed by atoms with Crippen molar-refractivity contribution in [2.75, 3.05) is 28.4 Å². The van der Waals surface area contributed by atoms with Crippen LogP contribution in [0.3, 0.4) is 0 Å². The fraction of sp³-hybridized carbons (Fsp3) is 0.160. The predicted octanol–water partition coefficient (Wildman–Crippen LogP) is 5.16. The van der Waals surface area contributed by atoms with Gasteiger partial charge in [-0.05, 0) is 30.3 Å². The summed E-state index contributed by atoms with van der Waals surface area (Å²) in [5.41, 5.74) is 2.28. The van der Waals surface area contributed by atoms with Crippen LogP contribution in [0, 0.1) is 0 Å². The van der Waals surface area contributed by atoms with Gasteiger partial charge in [0, 0.05) is 23.3 Å². The third-order valence-corrected chi connectivity index (χ3v) is 5.11. The number of hydrogen-bond acceptors (Lipinski definition) is 6. The zero-order valence-corrected chi connectivity index (χ0v) is 17.7. The van der Waals surface area contributed by atoms with Crippen molar-refractivity contribution in [3.8, 4) is 45.4 Å². The summed E-state index contributed by atoms with van der Waals surface area (Å²) in [6.07, 6.45) is 0. The Morgan fingerprint density at radius 2 is 1.45 bits per heavy atom. The van der Waals surface area contributed by atoms with E-state index in [1.807, 2.05) is 48.5 Å². The predicted molar refractivity (Wildman–Crippen MR) is 120 cm³/mol. The Kier molecular flexibility index (Phi) is 5.54. The van der Waals surface area contributed by atoms with E-state index in [9.17, 15) is 4.79 Å². The largest absolute Gasteiger partial charge is 0.497 e. The monoisotopic (exact) mass is 418 g/mol. The average molecular weight is 418 g/mol. The van der Waals surface area contributed by atoms with Crippen molar-refractivity contribution in [2.45, 2.75) is 0 Å². The lowest BCUT2D eigenvalue weighted by Gasteiger charge is -2.17. The summed E-state index contributed by atoms with van der Waals surface area (Å²) in [6, 6.07) is 17.9. The van der Waals surface area contributed by atoms with E-state index < -0.39 is 0 Å². The lowest BCUT2D eigenvalue weighted by atomic mass is 9.99. The second-order valence-electron chi connectivity index (χ2n) is 6.76. The highest BCUT2D eigenvalue weighted by atomic mass is 16.5. The molecule has 1 aromatic heterocycles. The zero-order chi connectivity index (χ0) is 22.0. The van der Waals surface area contributed by atoms with Gasteiger partial charge in [-0.3, -0.25) is 4.79 Å². The van der Waals surface area contributed by atoms with E-state index in [0.717, 1.165) is 16.9 Å². The molecule has 0 bridgehead atoms. The molecule has 1 heterocycles. The quantitative estimate of drug-likeness (QED) is 0.431. The van der Waals surface area contributed by atoms with Crippen LogP contribution >= 0.6 is 0 Å². The van der Waals surface area contributed by atoms with E-state index in [1.54, 1.807) is 27.4 Å². The van der Waals surface area contributed by atoms with E-state index in [0.29, 0.717) is 39.5 Å². The molecule has 6 heteroatoms. The van der Waals surface area contributed by atoms with Crippen LogP contribution in [0.4, 0.5) is 0 Å². The third-order valence-electron chi connectivity index (χ3n) is 5.11. The Morgan fingerprint density at radius 1 is 0.742 bits per heavy atom. The molecule has 0 spiro atoms. The highest BCUT2D eigenvalue weighted by Crippen LogP contribution is 2.46. The van der Waals surface area contributed by atoms with Gasteiger partial charge in [-0.1, -0.05) is 18.2 Å². The van der Waals surface area contributed by atoms with Gasteiger partial charge in [-0.15, -0.1) is 0 Å². The summed E-state index contributed by atoms with van der Waals surface area (Å²) in [7, 11) is 6.27. The van der Waals surface area contributed by atoms with Crippen LogP contribution in [-0.4, -0.2) is 28.4 Å². The molecule has 3 aromatic carbocycles. The Morgan fingerprint density at radius 3 is 2.10 bits per heavy atom. The topological polar surface area (TPSA) is 67.1 Å². The fourth-order valence-electron chi connectivity index (χ4n) is 3.63. The number of hydrogen-bond donors (Lipinski definition) is 0. The van der Waals surface area contributed by atoms with Crippen LogP contribution in [0.1, 0.15) is 0 Å². The summed E-state index contributed by atoms with van der Waals surface area (Å²) in [4.78, 5) is 13.2. The molecule has 0 aliphatic carbocycles. The van der Waals surface area contributed by atoms with Crippen LogP contribution in [0.25, 0.3) is 33.4 Å². The van der Waals surface area contributed by atoms with Gasteiger partial charge in [-0.25, -0.2) is 0 Å². The molecule has 0 aliphatic rings. The molecule has 31 heavy (non-hydrogen) atoms. The van der Waals surface area contributed by atoms with Crippen molar-refractivity contribution in [3.63, 3.8) is 0 Å². The minimum absolute atomic E-state index is 0.220. The SMILES string of the molecule is COc1ccc(-c2cc(=O)c3c(OC)c(-c4ccccc4OC)c(OC)cc3o2)cc1. The molecule has 0 unspecified atom stereocenters. The highest BCUT2D eigenvalue weighted by molar-refractivity contribution is 5.97. The van der Waals surface area contributed by atoms with Crippen molar-refractivity contribution in [1.82, 2.24) is 0 Å². The van der Waals surface area contributed by atoms with E-state index >= 15 is 0 Å². The Hall–Kier alpha value is -3.93. The molecular formula is C25H22O6. The summed E-state index contributed by atoms with van der Waals surface area (Å²) >= 11 is 0. The zero-order valence-electron chi connectivity index (χ0n) is 17.7. The lowest BCUT2D eigenvalue weighted by Crippen LogP contribution is -2.05. The van der Waals surface area contributed by atoms with Crippen molar-refractivity contribution < 1.29 is 23.4 Å². The van der Waals surface area contributed by atoms with Gasteiger partial charge in [0.25, 0.3) is 0 Å². The van der Waals surface area contributed by atoms with Crippen LogP contribution in [-0.2, 0) is 0 Å². The number of methoxy groups -OCH3 is 4. The minimum atomic E-state index is -0.220. The van der Waals surface area contributed by atoms with Crippen LogP contribution in [0.2, 0.25) is 0 Å². The van der Waals surface area contributed by atoms with Gasteiger partial charge < -0.3 is 23.4 Å². The minimum Gasteiger partial charge on any atom is -0.497 e. The summed E-state index contributed by atoms with van der Waals surface area (Å²) < 4.78 is 28.2. The van der Waals surface area contributed by atoms with Gasteiger partial charge in [-0.2, -0.15) is 0 Å². The molecule has 0 amide bonds. The maximum absolute atomic E-state index is 13.2. The molecule has 4 rings (SSSR count). The summed E-state index contributed by atoms with van der Waals surface area (Å²) in [5, 5.41) is 0.335. The standard InChI is InChI=1S/C25H22O6/c1-27-16-11-9-15(10-12-16)20-13-18(26)24-22(31-20)14-21(29-3)23(25(24)30-4)17-7-5-6-8-19(17)28-2/h5-14H,1-4H3. The van der Waals surface area contributed by atoms with Crippen molar-refractivity contribution >= 4 is 11.0 Å². The maximum Gasteiger partial charge on any atom is 0.197 e. The molecule has 0 saturated carbocycles. The van der Waals surface area contributed by atoms with E-state index in [4.69, 9.17) is 23.4 Å². The van der Waals surface area contributed by atoms with Gasteiger partial charge in [0.15, 0.2) is 5.43 Å². The number of ether oxygens (including phenoxy) is 4. The average Bonchev–Trinajstić information content (AvgIpc) is 2.82. The normalized spacial score (nSPS) is 10.7. The molecule has 4 aromatic rings. The Labute approximate surface area is 179 Å². The molecule has 0 fully saturated rings. The first-order valence-corrected chi connectivity index (χ1v) is 9.62. The first-order chi connectivity index (χ1) is 15.1. The molecule has 6 nitrogen and oxygen atoms in total. The molecule has 0 aliphatic heterocycles. The first kappa shape index (κ1) is 20.3. The van der Waals surface area contributed by atoms with Gasteiger partial charge in [0.1, 0.15) is 39.7 Å². The number of fused-ring (bicyclic) bond motifs is 1. The number of benzene rings is 3. The van der Waals surface area contributed by atoms with E-state index in [-0.39, 0.29) is 5.43 Å². The van der Waals surface area contributed by atoms with Gasteiger partial charge >= 0.3 is 0 Å². The Balaban J connectivity index is 2.00. The lowest BCUT2D eigenvalue weighted by molar-refractivity contribution is 0.396. The van der Waals surface area contributed by atoms with Gasteiger partial charge in [0.2, 0.25) is 0 Å². The molecular weight excluding hydrogens is 396 g/mol. The van der Waals surface area contributed by atoms with E-state index in [1.165, 1.54) is 13.2 Å². The number of rotatable bonds is 6. The van der Waals surface area contributed by atoms with Crippen molar-refractivity contribution in [3.05, 3.63) is 70.9 Å². The second kappa shape index (κ2) is 8.44. The maximum atomic E-state index is 13.2. The van der Waals surface area contributed by atoms with Crippen LogP contribution in [0.5, 0.6) is 23.0 Å². The van der Waals surface area contributed by atoms with Crippen molar-refractivity contribution in [1.29, 1.82) is 0 Å². The van der Waals surface area contributed by atoms with Gasteiger partial charge in [0.05, 0.1) is 34.0 Å². The summed E-state index contributed by atoms with van der Waals surface area (Å²) in [5.74, 6) is 2.67. The number of para-hydroxylation sites is 1. The molecule has 0 N–H and O–H groups in total. The van der Waals surface area contributed by atoms with Crippen LogP contribution < -0.4 is 24.4 Å². The summed E-state index contributed by atoms with van der Waals surface area (Å²) in [6.45, 7) is 0. The molecule has 158 valence electrons. The smallest absolute Gasteiger partial charge is 0.197 e. The second-order valence-corrected chi connectivity index (χ2v) is 6.76. The third kappa shape index (κ3) is 3.57. The highest BCUT2D eigenvalue weighted by Gasteiger charge is 2.23. The molecule has 0 saturated heterocycles.